The van der Waals surface area contributed by atoms with Crippen LogP contribution in [0.1, 0.15) is 30.9 Å². The lowest BCUT2D eigenvalue weighted by Gasteiger charge is -2.35. The van der Waals surface area contributed by atoms with Crippen LogP contribution in [0, 0.1) is 19.8 Å². The monoisotopic (exact) mass is 445 g/mol. The van der Waals surface area contributed by atoms with Gasteiger partial charge in [0, 0.05) is 24.7 Å². The van der Waals surface area contributed by atoms with Crippen molar-refractivity contribution in [1.29, 1.82) is 0 Å². The molecule has 0 saturated carbocycles. The lowest BCUT2D eigenvalue weighted by Crippen LogP contribution is -2.45. The molecule has 1 aliphatic heterocycles. The SMILES string of the molecule is C/C=N/N(C(=S)N1CCC(C(=O)OC)CC1)c1csc(-c2ccc(C)c(C)c2)c1O. The van der Waals surface area contributed by atoms with Crippen molar-refractivity contribution in [3.05, 3.63) is 34.7 Å². The standard InChI is InChI=1S/C22H27N3O3S2/c1-5-23-25(22(29)24-10-8-16(9-11-24)21(27)28-4)18-13-30-20(19(18)26)17-7-6-14(2)15(3)12-17/h5-7,12-13,16,26H,8-11H2,1-4H3/b23-5+. The summed E-state index contributed by atoms with van der Waals surface area (Å²) in [7, 11) is 1.42. The molecule has 3 rings (SSSR count). The number of aryl methyl sites for hydroxylation is 2. The number of carbonyl (C=O) groups is 1. The van der Waals surface area contributed by atoms with Gasteiger partial charge in [0.25, 0.3) is 0 Å². The molecule has 1 fully saturated rings. The molecule has 0 spiro atoms. The molecule has 0 aliphatic carbocycles. The van der Waals surface area contributed by atoms with Crippen LogP contribution in [-0.4, -0.2) is 47.5 Å². The first-order valence-electron chi connectivity index (χ1n) is 9.90. The molecular formula is C22H27N3O3S2. The molecule has 0 atom stereocenters. The van der Waals surface area contributed by atoms with E-state index in [4.69, 9.17) is 17.0 Å². The Hall–Kier alpha value is -2.45. The highest BCUT2D eigenvalue weighted by Gasteiger charge is 2.30. The molecule has 0 amide bonds. The number of hydrogen-bond donors (Lipinski definition) is 1. The second-order valence-electron chi connectivity index (χ2n) is 7.35. The first-order valence-corrected chi connectivity index (χ1v) is 11.2. The zero-order valence-electron chi connectivity index (χ0n) is 17.7. The van der Waals surface area contributed by atoms with Crippen LogP contribution in [0.3, 0.4) is 0 Å². The molecule has 8 heteroatoms. The number of esters is 1. The van der Waals surface area contributed by atoms with E-state index in [1.807, 2.05) is 23.3 Å². The van der Waals surface area contributed by atoms with Crippen LogP contribution in [0.2, 0.25) is 0 Å². The number of aromatic hydroxyl groups is 1. The zero-order valence-corrected chi connectivity index (χ0v) is 19.3. The third-order valence-electron chi connectivity index (χ3n) is 5.46. The number of piperidine rings is 1. The Morgan fingerprint density at radius 1 is 1.33 bits per heavy atom. The van der Waals surface area contributed by atoms with Gasteiger partial charge in [-0.25, -0.2) is 5.01 Å². The predicted octanol–water partition coefficient (Wildman–Crippen LogP) is 4.72. The van der Waals surface area contributed by atoms with Crippen LogP contribution >= 0.6 is 23.6 Å². The Labute approximate surface area is 186 Å². The Morgan fingerprint density at radius 2 is 2.03 bits per heavy atom. The molecule has 2 aromatic rings. The van der Waals surface area contributed by atoms with Crippen molar-refractivity contribution < 1.29 is 14.6 Å². The summed E-state index contributed by atoms with van der Waals surface area (Å²) in [5.74, 6) is -0.0960. The number of thiophene rings is 1. The first kappa shape index (κ1) is 22.2. The highest BCUT2D eigenvalue weighted by molar-refractivity contribution is 7.80. The Balaban J connectivity index is 1.83. The maximum Gasteiger partial charge on any atom is 0.308 e. The molecule has 30 heavy (non-hydrogen) atoms. The number of methoxy groups -OCH3 is 1. The number of nitrogens with zero attached hydrogens (tertiary/aromatic N) is 3. The van der Waals surface area contributed by atoms with Gasteiger partial charge in [-0.1, -0.05) is 18.2 Å². The van der Waals surface area contributed by atoms with Gasteiger partial charge in [0.05, 0.1) is 17.9 Å². The molecule has 1 aromatic carbocycles. The van der Waals surface area contributed by atoms with Gasteiger partial charge >= 0.3 is 5.97 Å². The zero-order chi connectivity index (χ0) is 21.8. The lowest BCUT2D eigenvalue weighted by atomic mass is 9.97. The maximum absolute atomic E-state index is 11.8. The number of likely N-dealkylation sites (tertiary alicyclic amines) is 1. The minimum Gasteiger partial charge on any atom is -0.504 e. The van der Waals surface area contributed by atoms with Crippen LogP contribution in [0.4, 0.5) is 5.69 Å². The van der Waals surface area contributed by atoms with E-state index in [0.717, 1.165) is 10.4 Å². The Morgan fingerprint density at radius 3 is 2.63 bits per heavy atom. The van der Waals surface area contributed by atoms with E-state index >= 15 is 0 Å². The molecule has 0 radical (unpaired) electrons. The van der Waals surface area contributed by atoms with E-state index in [0.29, 0.717) is 36.7 Å². The fourth-order valence-electron chi connectivity index (χ4n) is 3.52. The van der Waals surface area contributed by atoms with E-state index in [1.54, 1.807) is 11.2 Å². The normalized spacial score (nSPS) is 14.9. The summed E-state index contributed by atoms with van der Waals surface area (Å²) >= 11 is 7.18. The topological polar surface area (TPSA) is 65.4 Å². The highest BCUT2D eigenvalue weighted by Crippen LogP contribution is 2.44. The smallest absolute Gasteiger partial charge is 0.308 e. The second kappa shape index (κ2) is 9.57. The molecular weight excluding hydrogens is 418 g/mol. The molecule has 1 aliphatic rings. The Kier molecular flexibility index (Phi) is 7.10. The van der Waals surface area contributed by atoms with Crippen LogP contribution in [0.25, 0.3) is 10.4 Å². The largest absolute Gasteiger partial charge is 0.504 e. The molecule has 160 valence electrons. The van der Waals surface area contributed by atoms with E-state index in [2.05, 4.69) is 31.1 Å². The average Bonchev–Trinajstić information content (AvgIpc) is 3.14. The van der Waals surface area contributed by atoms with Gasteiger partial charge in [0.2, 0.25) is 0 Å². The quantitative estimate of drug-likeness (QED) is 0.318. The summed E-state index contributed by atoms with van der Waals surface area (Å²) in [5.41, 5.74) is 3.92. The minimum atomic E-state index is -0.169. The van der Waals surface area contributed by atoms with Crippen molar-refractivity contribution >= 4 is 46.5 Å². The van der Waals surface area contributed by atoms with Gasteiger partial charge in [-0.3, -0.25) is 4.79 Å². The van der Waals surface area contributed by atoms with Crippen LogP contribution in [0.5, 0.6) is 5.75 Å². The van der Waals surface area contributed by atoms with Gasteiger partial charge in [0.1, 0.15) is 5.69 Å². The van der Waals surface area contributed by atoms with E-state index in [-0.39, 0.29) is 17.6 Å². The van der Waals surface area contributed by atoms with Crippen molar-refractivity contribution in [3.8, 4) is 16.2 Å². The molecule has 6 nitrogen and oxygen atoms in total. The number of benzene rings is 1. The lowest BCUT2D eigenvalue weighted by molar-refractivity contribution is -0.146. The number of ether oxygens (including phenoxy) is 1. The van der Waals surface area contributed by atoms with Gasteiger partial charge < -0.3 is 14.7 Å². The molecule has 2 heterocycles. The summed E-state index contributed by atoms with van der Waals surface area (Å²) in [6.07, 6.45) is 3.01. The van der Waals surface area contributed by atoms with Crippen LogP contribution < -0.4 is 5.01 Å². The molecule has 1 aromatic heterocycles. The third-order valence-corrected chi connectivity index (χ3v) is 6.89. The highest BCUT2D eigenvalue weighted by atomic mass is 32.1. The summed E-state index contributed by atoms with van der Waals surface area (Å²) in [4.78, 5) is 14.6. The number of carbonyl (C=O) groups excluding carboxylic acids is 1. The van der Waals surface area contributed by atoms with Crippen molar-refractivity contribution in [1.82, 2.24) is 4.90 Å². The average molecular weight is 446 g/mol. The molecule has 1 N–H and O–H groups in total. The van der Waals surface area contributed by atoms with Gasteiger partial charge in [-0.05, 0) is 62.5 Å². The van der Waals surface area contributed by atoms with Gasteiger partial charge in [-0.15, -0.1) is 11.3 Å². The van der Waals surface area contributed by atoms with E-state index in [1.165, 1.54) is 29.6 Å². The minimum absolute atomic E-state index is 0.0943. The number of rotatable bonds is 4. The maximum atomic E-state index is 11.8. The fraction of sp³-hybridized carbons (Fsp3) is 0.409. The van der Waals surface area contributed by atoms with Gasteiger partial charge in [0.15, 0.2) is 10.9 Å². The van der Waals surface area contributed by atoms with Crippen molar-refractivity contribution in [3.63, 3.8) is 0 Å². The third kappa shape index (κ3) is 4.49. The predicted molar refractivity (Wildman–Crippen MR) is 126 cm³/mol. The Bertz CT molecular complexity index is 963. The van der Waals surface area contributed by atoms with Crippen LogP contribution in [0.15, 0.2) is 28.7 Å². The van der Waals surface area contributed by atoms with Gasteiger partial charge in [-0.2, -0.15) is 5.10 Å². The van der Waals surface area contributed by atoms with Crippen molar-refractivity contribution in [2.24, 2.45) is 11.0 Å². The number of hydrazone groups is 1. The second-order valence-corrected chi connectivity index (χ2v) is 8.60. The summed E-state index contributed by atoms with van der Waals surface area (Å²) in [6, 6.07) is 6.15. The summed E-state index contributed by atoms with van der Waals surface area (Å²) in [6.45, 7) is 7.22. The number of hydrogen-bond acceptors (Lipinski definition) is 6. The van der Waals surface area contributed by atoms with Crippen molar-refractivity contribution in [2.45, 2.75) is 33.6 Å². The van der Waals surface area contributed by atoms with E-state index < -0.39 is 0 Å². The number of anilines is 1. The molecule has 0 bridgehead atoms. The van der Waals surface area contributed by atoms with Crippen LogP contribution in [-0.2, 0) is 9.53 Å². The van der Waals surface area contributed by atoms with E-state index in [9.17, 15) is 9.90 Å². The number of thiocarbonyl (C=S) groups is 1. The first-order chi connectivity index (χ1) is 14.4. The molecule has 1 saturated heterocycles. The van der Waals surface area contributed by atoms with Crippen molar-refractivity contribution in [2.75, 3.05) is 25.2 Å². The molecule has 0 unspecified atom stereocenters. The fourth-order valence-corrected chi connectivity index (χ4v) is 4.77. The summed E-state index contributed by atoms with van der Waals surface area (Å²) in [5, 5.41) is 19.4. The summed E-state index contributed by atoms with van der Waals surface area (Å²) < 4.78 is 4.86.